The Morgan fingerprint density at radius 2 is 1.88 bits per heavy atom. The number of thiazole rings is 1. The van der Waals surface area contributed by atoms with Gasteiger partial charge >= 0.3 is 0 Å². The molecule has 17 heavy (non-hydrogen) atoms. The van der Waals surface area contributed by atoms with Crippen LogP contribution in [0.4, 0.5) is 0 Å². The monoisotopic (exact) mass is 310 g/mol. The van der Waals surface area contributed by atoms with E-state index in [-0.39, 0.29) is 6.04 Å². The van der Waals surface area contributed by atoms with Crippen molar-refractivity contribution in [1.29, 1.82) is 0 Å². The van der Waals surface area contributed by atoms with Gasteiger partial charge in [0.25, 0.3) is 0 Å². The molecular formula is C13H15BrN2S. The van der Waals surface area contributed by atoms with Crippen LogP contribution in [0.25, 0.3) is 10.6 Å². The molecule has 90 valence electrons. The summed E-state index contributed by atoms with van der Waals surface area (Å²) in [4.78, 5) is 4.57. The molecule has 1 aromatic carbocycles. The topological polar surface area (TPSA) is 38.9 Å². The fourth-order valence-electron chi connectivity index (χ4n) is 1.70. The zero-order chi connectivity index (χ0) is 12.6. The summed E-state index contributed by atoms with van der Waals surface area (Å²) in [6.07, 6.45) is 0. The van der Waals surface area contributed by atoms with Crippen molar-refractivity contribution < 1.29 is 0 Å². The molecule has 0 radical (unpaired) electrons. The summed E-state index contributed by atoms with van der Waals surface area (Å²) < 4.78 is 1.17. The van der Waals surface area contributed by atoms with Gasteiger partial charge in [0.15, 0.2) is 0 Å². The first-order chi connectivity index (χ1) is 7.99. The largest absolute Gasteiger partial charge is 0.323 e. The van der Waals surface area contributed by atoms with E-state index in [0.29, 0.717) is 0 Å². The normalized spacial score (nSPS) is 12.8. The summed E-state index contributed by atoms with van der Waals surface area (Å²) in [5.74, 6) is 0. The Hall–Kier alpha value is -0.710. The SMILES string of the molecule is Cc1cc(-c2nc(C(C)N)cs2)cc(C)c1Br. The molecule has 0 saturated heterocycles. The second-order valence-electron chi connectivity index (χ2n) is 4.29. The maximum Gasteiger partial charge on any atom is 0.123 e. The van der Waals surface area contributed by atoms with E-state index < -0.39 is 0 Å². The standard InChI is InChI=1S/C13H15BrN2S/c1-7-4-10(5-8(2)12(7)14)13-16-11(6-17-13)9(3)15/h4-6,9H,15H2,1-3H3. The average molecular weight is 311 g/mol. The van der Waals surface area contributed by atoms with Gasteiger partial charge in [-0.25, -0.2) is 4.98 Å². The Morgan fingerprint density at radius 3 is 2.35 bits per heavy atom. The minimum absolute atomic E-state index is 0.00218. The Kier molecular flexibility index (Phi) is 3.66. The van der Waals surface area contributed by atoms with Crippen LogP contribution in [0.3, 0.4) is 0 Å². The highest BCUT2D eigenvalue weighted by Gasteiger charge is 2.10. The molecule has 1 unspecified atom stereocenters. The van der Waals surface area contributed by atoms with Crippen LogP contribution in [0, 0.1) is 13.8 Å². The van der Waals surface area contributed by atoms with Crippen LogP contribution < -0.4 is 5.73 Å². The maximum absolute atomic E-state index is 5.83. The van der Waals surface area contributed by atoms with E-state index in [1.54, 1.807) is 11.3 Å². The van der Waals surface area contributed by atoms with Gasteiger partial charge in [-0.3, -0.25) is 0 Å². The van der Waals surface area contributed by atoms with Crippen LogP contribution in [0.2, 0.25) is 0 Å². The first-order valence-corrected chi connectivity index (χ1v) is 7.14. The summed E-state index contributed by atoms with van der Waals surface area (Å²) in [5, 5.41) is 3.07. The number of hydrogen-bond acceptors (Lipinski definition) is 3. The number of nitrogens with two attached hydrogens (primary N) is 1. The van der Waals surface area contributed by atoms with Crippen LogP contribution >= 0.6 is 27.3 Å². The quantitative estimate of drug-likeness (QED) is 0.902. The number of hydrogen-bond donors (Lipinski definition) is 1. The van der Waals surface area contributed by atoms with Crippen LogP contribution in [-0.4, -0.2) is 4.98 Å². The Bertz CT molecular complexity index is 523. The predicted molar refractivity (Wildman–Crippen MR) is 77.3 cm³/mol. The van der Waals surface area contributed by atoms with Gasteiger partial charge in [-0.2, -0.15) is 0 Å². The second kappa shape index (κ2) is 4.88. The van der Waals surface area contributed by atoms with Crippen LogP contribution in [0.1, 0.15) is 29.8 Å². The van der Waals surface area contributed by atoms with Crippen molar-refractivity contribution >= 4 is 27.3 Å². The molecule has 0 spiro atoms. The third-order valence-corrected chi connectivity index (χ3v) is 4.83. The summed E-state index contributed by atoms with van der Waals surface area (Å²) in [6.45, 7) is 6.15. The molecular weight excluding hydrogens is 296 g/mol. The maximum atomic E-state index is 5.83. The van der Waals surface area contributed by atoms with E-state index in [1.165, 1.54) is 21.2 Å². The number of benzene rings is 1. The highest BCUT2D eigenvalue weighted by Crippen LogP contribution is 2.31. The van der Waals surface area contributed by atoms with E-state index in [9.17, 15) is 0 Å². The van der Waals surface area contributed by atoms with Gasteiger partial charge < -0.3 is 5.73 Å². The van der Waals surface area contributed by atoms with E-state index in [0.717, 1.165) is 10.7 Å². The molecule has 1 heterocycles. The number of aryl methyl sites for hydroxylation is 2. The number of halogens is 1. The third-order valence-electron chi connectivity index (χ3n) is 2.67. The van der Waals surface area contributed by atoms with Crippen molar-refractivity contribution in [2.24, 2.45) is 5.73 Å². The van der Waals surface area contributed by atoms with Gasteiger partial charge in [0.1, 0.15) is 5.01 Å². The molecule has 0 bridgehead atoms. The first-order valence-electron chi connectivity index (χ1n) is 5.47. The lowest BCUT2D eigenvalue weighted by molar-refractivity contribution is 0.790. The molecule has 2 aromatic rings. The highest BCUT2D eigenvalue weighted by atomic mass is 79.9. The summed E-state index contributed by atoms with van der Waals surface area (Å²) >= 11 is 5.23. The van der Waals surface area contributed by atoms with Crippen molar-refractivity contribution in [1.82, 2.24) is 4.98 Å². The Labute approximate surface area is 114 Å². The molecule has 0 fully saturated rings. The molecule has 2 nitrogen and oxygen atoms in total. The lowest BCUT2D eigenvalue weighted by atomic mass is 10.1. The highest BCUT2D eigenvalue weighted by molar-refractivity contribution is 9.10. The molecule has 0 aliphatic carbocycles. The second-order valence-corrected chi connectivity index (χ2v) is 5.94. The van der Waals surface area contributed by atoms with Gasteiger partial charge in [-0.1, -0.05) is 15.9 Å². The van der Waals surface area contributed by atoms with Crippen LogP contribution in [-0.2, 0) is 0 Å². The van der Waals surface area contributed by atoms with Crippen molar-refractivity contribution in [3.63, 3.8) is 0 Å². The molecule has 0 aliphatic rings. The van der Waals surface area contributed by atoms with E-state index in [1.807, 2.05) is 12.3 Å². The van der Waals surface area contributed by atoms with E-state index in [4.69, 9.17) is 5.73 Å². The lowest BCUT2D eigenvalue weighted by Gasteiger charge is -2.05. The fraction of sp³-hybridized carbons (Fsp3) is 0.308. The number of nitrogens with zero attached hydrogens (tertiary/aromatic N) is 1. The van der Waals surface area contributed by atoms with Crippen LogP contribution in [0.15, 0.2) is 22.0 Å². The van der Waals surface area contributed by atoms with Crippen molar-refractivity contribution in [2.45, 2.75) is 26.8 Å². The van der Waals surface area contributed by atoms with E-state index in [2.05, 4.69) is 46.9 Å². The molecule has 0 aliphatic heterocycles. The van der Waals surface area contributed by atoms with Gasteiger partial charge in [0, 0.05) is 21.5 Å². The van der Waals surface area contributed by atoms with Crippen molar-refractivity contribution in [3.05, 3.63) is 38.8 Å². The molecule has 1 aromatic heterocycles. The molecule has 2 rings (SSSR count). The lowest BCUT2D eigenvalue weighted by Crippen LogP contribution is -2.04. The molecule has 4 heteroatoms. The molecule has 2 N–H and O–H groups in total. The molecule has 1 atom stereocenters. The van der Waals surface area contributed by atoms with Gasteiger partial charge in [0.2, 0.25) is 0 Å². The third kappa shape index (κ3) is 2.59. The fourth-order valence-corrected chi connectivity index (χ4v) is 2.84. The summed E-state index contributed by atoms with van der Waals surface area (Å²) in [7, 11) is 0. The van der Waals surface area contributed by atoms with Crippen molar-refractivity contribution in [3.8, 4) is 10.6 Å². The van der Waals surface area contributed by atoms with Gasteiger partial charge in [-0.05, 0) is 44.0 Å². The minimum atomic E-state index is -0.00218. The zero-order valence-electron chi connectivity index (χ0n) is 10.1. The number of aromatic nitrogens is 1. The molecule has 0 amide bonds. The zero-order valence-corrected chi connectivity index (χ0v) is 12.5. The van der Waals surface area contributed by atoms with Crippen LogP contribution in [0.5, 0.6) is 0 Å². The predicted octanol–water partition coefficient (Wildman–Crippen LogP) is 4.21. The van der Waals surface area contributed by atoms with Gasteiger partial charge in [0.05, 0.1) is 5.69 Å². The van der Waals surface area contributed by atoms with E-state index >= 15 is 0 Å². The molecule has 0 saturated carbocycles. The summed E-state index contributed by atoms with van der Waals surface area (Å²) in [6, 6.07) is 4.31. The smallest absolute Gasteiger partial charge is 0.123 e. The summed E-state index contributed by atoms with van der Waals surface area (Å²) in [5.41, 5.74) is 10.4. The number of rotatable bonds is 2. The first kappa shape index (κ1) is 12.7. The average Bonchev–Trinajstić information content (AvgIpc) is 2.74. The van der Waals surface area contributed by atoms with Gasteiger partial charge in [-0.15, -0.1) is 11.3 Å². The van der Waals surface area contributed by atoms with Crippen molar-refractivity contribution in [2.75, 3.05) is 0 Å². The Morgan fingerprint density at radius 1 is 1.29 bits per heavy atom. The minimum Gasteiger partial charge on any atom is -0.323 e. The Balaban J connectivity index is 2.46.